The van der Waals surface area contributed by atoms with E-state index in [9.17, 15) is 0 Å². The maximum absolute atomic E-state index is 3.72. The van der Waals surface area contributed by atoms with Crippen molar-refractivity contribution < 1.29 is 0 Å². The molecule has 0 bridgehead atoms. The molecule has 1 N–H and O–H groups in total. The molecule has 1 aliphatic rings. The Morgan fingerprint density at radius 3 is 1.93 bits per heavy atom. The van der Waals surface area contributed by atoms with Crippen molar-refractivity contribution in [1.82, 2.24) is 5.32 Å². The molecule has 0 fully saturated rings. The molecule has 0 amide bonds. The van der Waals surface area contributed by atoms with Crippen LogP contribution in [0.3, 0.4) is 0 Å². The molecule has 82 valence electrons. The lowest BCUT2D eigenvalue weighted by Crippen LogP contribution is -2.48. The van der Waals surface area contributed by atoms with E-state index in [2.05, 4.69) is 52.1 Å². The summed E-state index contributed by atoms with van der Waals surface area (Å²) in [6, 6.07) is 1.22. The second kappa shape index (κ2) is 4.48. The first-order chi connectivity index (χ1) is 6.46. The first kappa shape index (κ1) is 11.8. The third-order valence-corrected chi connectivity index (χ3v) is 3.27. The van der Waals surface area contributed by atoms with Gasteiger partial charge >= 0.3 is 0 Å². The molecule has 0 aliphatic heterocycles. The Bertz CT molecular complexity index is 195. The Morgan fingerprint density at radius 2 is 1.57 bits per heavy atom. The standard InChI is InChI=1S/C13H25N/c1-10(2)12(14-11(3)4)13(5)8-6-7-9-13/h6-7,10-12,14H,8-9H2,1-5H3. The van der Waals surface area contributed by atoms with Crippen LogP contribution >= 0.6 is 0 Å². The Morgan fingerprint density at radius 1 is 1.07 bits per heavy atom. The highest BCUT2D eigenvalue weighted by atomic mass is 15.0. The second-order valence-corrected chi connectivity index (χ2v) is 5.58. The van der Waals surface area contributed by atoms with Gasteiger partial charge in [-0.3, -0.25) is 0 Å². The summed E-state index contributed by atoms with van der Waals surface area (Å²) in [6.45, 7) is 11.5. The molecule has 0 spiro atoms. The third-order valence-electron chi connectivity index (χ3n) is 3.27. The summed E-state index contributed by atoms with van der Waals surface area (Å²) in [5.41, 5.74) is 0.443. The zero-order valence-electron chi connectivity index (χ0n) is 10.3. The summed E-state index contributed by atoms with van der Waals surface area (Å²) in [4.78, 5) is 0. The van der Waals surface area contributed by atoms with Gasteiger partial charge in [0.15, 0.2) is 0 Å². The van der Waals surface area contributed by atoms with E-state index in [0.29, 0.717) is 23.4 Å². The van der Waals surface area contributed by atoms with Crippen LogP contribution in [0.25, 0.3) is 0 Å². The first-order valence-corrected chi connectivity index (χ1v) is 5.87. The fraction of sp³-hybridized carbons (Fsp3) is 0.846. The van der Waals surface area contributed by atoms with Crippen molar-refractivity contribution in [3.8, 4) is 0 Å². The van der Waals surface area contributed by atoms with Gasteiger partial charge in [-0.15, -0.1) is 0 Å². The number of hydrogen-bond acceptors (Lipinski definition) is 1. The van der Waals surface area contributed by atoms with Crippen LogP contribution in [0.4, 0.5) is 0 Å². The largest absolute Gasteiger partial charge is 0.311 e. The predicted octanol–water partition coefficient (Wildman–Crippen LogP) is 3.37. The molecule has 0 heterocycles. The molecule has 1 unspecified atom stereocenters. The van der Waals surface area contributed by atoms with Crippen molar-refractivity contribution in [1.29, 1.82) is 0 Å². The summed E-state index contributed by atoms with van der Waals surface area (Å²) in [6.07, 6.45) is 7.12. The minimum absolute atomic E-state index is 0.443. The van der Waals surface area contributed by atoms with E-state index in [1.165, 1.54) is 12.8 Å². The number of allylic oxidation sites excluding steroid dienone is 2. The lowest BCUT2D eigenvalue weighted by atomic mass is 9.74. The fourth-order valence-corrected chi connectivity index (χ4v) is 2.60. The molecule has 1 heteroatoms. The normalized spacial score (nSPS) is 22.2. The summed E-state index contributed by atoms with van der Waals surface area (Å²) >= 11 is 0. The average Bonchev–Trinajstić information content (AvgIpc) is 2.48. The van der Waals surface area contributed by atoms with Gasteiger partial charge in [-0.25, -0.2) is 0 Å². The van der Waals surface area contributed by atoms with E-state index in [4.69, 9.17) is 0 Å². The monoisotopic (exact) mass is 195 g/mol. The summed E-state index contributed by atoms with van der Waals surface area (Å²) < 4.78 is 0. The van der Waals surface area contributed by atoms with E-state index in [1.54, 1.807) is 0 Å². The lowest BCUT2D eigenvalue weighted by Gasteiger charge is -2.39. The van der Waals surface area contributed by atoms with Gasteiger partial charge < -0.3 is 5.32 Å². The molecule has 0 saturated carbocycles. The van der Waals surface area contributed by atoms with Gasteiger partial charge in [0.2, 0.25) is 0 Å². The zero-order chi connectivity index (χ0) is 10.8. The van der Waals surface area contributed by atoms with Gasteiger partial charge in [0.1, 0.15) is 0 Å². The van der Waals surface area contributed by atoms with E-state index in [1.807, 2.05) is 0 Å². The first-order valence-electron chi connectivity index (χ1n) is 5.87. The summed E-state index contributed by atoms with van der Waals surface area (Å²) in [5, 5.41) is 3.72. The molecule has 1 atom stereocenters. The van der Waals surface area contributed by atoms with E-state index in [-0.39, 0.29) is 0 Å². The second-order valence-electron chi connectivity index (χ2n) is 5.58. The molecule has 0 radical (unpaired) electrons. The number of rotatable bonds is 4. The van der Waals surface area contributed by atoms with Gasteiger partial charge in [-0.1, -0.05) is 46.8 Å². The molecule has 0 saturated heterocycles. The van der Waals surface area contributed by atoms with Gasteiger partial charge in [-0.05, 0) is 24.2 Å². The topological polar surface area (TPSA) is 12.0 Å². The Labute approximate surface area is 89.0 Å². The van der Waals surface area contributed by atoms with Gasteiger partial charge in [0.05, 0.1) is 0 Å². The quantitative estimate of drug-likeness (QED) is 0.678. The molecule has 1 rings (SSSR count). The number of hydrogen-bond donors (Lipinski definition) is 1. The SMILES string of the molecule is CC(C)NC(C(C)C)C1(C)CC=CC1. The van der Waals surface area contributed by atoms with Crippen LogP contribution < -0.4 is 5.32 Å². The molecule has 1 aliphatic carbocycles. The Balaban J connectivity index is 2.66. The smallest absolute Gasteiger partial charge is 0.0152 e. The average molecular weight is 195 g/mol. The van der Waals surface area contributed by atoms with Crippen molar-refractivity contribution in [2.75, 3.05) is 0 Å². The van der Waals surface area contributed by atoms with Crippen molar-refractivity contribution in [3.05, 3.63) is 12.2 Å². The van der Waals surface area contributed by atoms with Crippen molar-refractivity contribution >= 4 is 0 Å². The van der Waals surface area contributed by atoms with Crippen LogP contribution in [0.1, 0.15) is 47.5 Å². The van der Waals surface area contributed by atoms with Gasteiger partial charge in [0, 0.05) is 12.1 Å². The minimum Gasteiger partial charge on any atom is -0.311 e. The molecule has 0 aromatic heterocycles. The van der Waals surface area contributed by atoms with E-state index >= 15 is 0 Å². The third kappa shape index (κ3) is 2.60. The highest BCUT2D eigenvalue weighted by Gasteiger charge is 2.36. The molecule has 14 heavy (non-hydrogen) atoms. The van der Waals surface area contributed by atoms with Gasteiger partial charge in [0.25, 0.3) is 0 Å². The Kier molecular flexibility index (Phi) is 3.77. The summed E-state index contributed by atoms with van der Waals surface area (Å²) in [7, 11) is 0. The van der Waals surface area contributed by atoms with Crippen LogP contribution in [-0.4, -0.2) is 12.1 Å². The van der Waals surface area contributed by atoms with Crippen molar-refractivity contribution in [2.24, 2.45) is 11.3 Å². The molecular weight excluding hydrogens is 170 g/mol. The maximum Gasteiger partial charge on any atom is 0.0152 e. The molecular formula is C13H25N. The highest BCUT2D eigenvalue weighted by molar-refractivity contribution is 5.06. The fourth-order valence-electron chi connectivity index (χ4n) is 2.60. The molecule has 1 nitrogen and oxygen atoms in total. The highest BCUT2D eigenvalue weighted by Crippen LogP contribution is 2.39. The Hall–Kier alpha value is -0.300. The van der Waals surface area contributed by atoms with Crippen LogP contribution in [0.2, 0.25) is 0 Å². The number of nitrogens with one attached hydrogen (secondary N) is 1. The lowest BCUT2D eigenvalue weighted by molar-refractivity contribution is 0.172. The summed E-state index contributed by atoms with van der Waals surface area (Å²) in [5.74, 6) is 0.710. The predicted molar refractivity (Wildman–Crippen MR) is 63.4 cm³/mol. The van der Waals surface area contributed by atoms with Crippen LogP contribution in [-0.2, 0) is 0 Å². The zero-order valence-corrected chi connectivity index (χ0v) is 10.3. The van der Waals surface area contributed by atoms with Crippen molar-refractivity contribution in [3.63, 3.8) is 0 Å². The van der Waals surface area contributed by atoms with Crippen molar-refractivity contribution in [2.45, 2.75) is 59.5 Å². The van der Waals surface area contributed by atoms with E-state index < -0.39 is 0 Å². The minimum atomic E-state index is 0.443. The molecule has 0 aromatic carbocycles. The molecule has 0 aromatic rings. The van der Waals surface area contributed by atoms with Crippen LogP contribution in [0.5, 0.6) is 0 Å². The van der Waals surface area contributed by atoms with Crippen LogP contribution in [0, 0.1) is 11.3 Å². The maximum atomic E-state index is 3.72. The van der Waals surface area contributed by atoms with Gasteiger partial charge in [-0.2, -0.15) is 0 Å². The van der Waals surface area contributed by atoms with E-state index in [0.717, 1.165) is 0 Å². The van der Waals surface area contributed by atoms with Crippen LogP contribution in [0.15, 0.2) is 12.2 Å².